The maximum atomic E-state index is 14.9. The van der Waals surface area contributed by atoms with Gasteiger partial charge in [0.15, 0.2) is 0 Å². The number of hydrogen-bond donors (Lipinski definition) is 2. The second-order valence-corrected chi connectivity index (χ2v) is 9.75. The van der Waals surface area contributed by atoms with Gasteiger partial charge in [0.1, 0.15) is 11.6 Å². The molecule has 4 rings (SSSR count). The second kappa shape index (κ2) is 8.68. The topological polar surface area (TPSA) is 85.2 Å². The van der Waals surface area contributed by atoms with Crippen LogP contribution in [-0.2, 0) is 11.2 Å². The summed E-state index contributed by atoms with van der Waals surface area (Å²) in [6, 6.07) is 8.49. The van der Waals surface area contributed by atoms with Crippen LogP contribution in [0.3, 0.4) is 0 Å². The number of piperidine rings is 1. The van der Waals surface area contributed by atoms with Gasteiger partial charge in [0.05, 0.1) is 6.07 Å². The summed E-state index contributed by atoms with van der Waals surface area (Å²) in [7, 11) is 0. The van der Waals surface area contributed by atoms with E-state index in [1.807, 2.05) is 6.07 Å². The van der Waals surface area contributed by atoms with Crippen LogP contribution >= 0.6 is 0 Å². The van der Waals surface area contributed by atoms with Crippen LogP contribution in [0, 0.1) is 16.7 Å². The third-order valence-corrected chi connectivity index (χ3v) is 7.27. The Morgan fingerprint density at radius 3 is 2.28 bits per heavy atom. The second-order valence-electron chi connectivity index (χ2n) is 9.75. The number of likely N-dealkylation sites (tertiary alicyclic amines) is 1. The average Bonchev–Trinajstić information content (AvgIpc) is 3.52. The van der Waals surface area contributed by atoms with Crippen LogP contribution < -0.4 is 10.6 Å². The number of carbonyl (C=O) groups excluding carboxylic acids is 2. The number of halogens is 2. The molecule has 2 saturated carbocycles. The van der Waals surface area contributed by atoms with Gasteiger partial charge in [-0.3, -0.25) is 4.79 Å². The molecule has 32 heavy (non-hydrogen) atoms. The molecule has 0 radical (unpaired) electrons. The third kappa shape index (κ3) is 5.20. The molecular formula is C24H30F2N4O2. The van der Waals surface area contributed by atoms with Crippen molar-refractivity contribution in [2.45, 2.75) is 75.3 Å². The summed E-state index contributed by atoms with van der Waals surface area (Å²) in [6.45, 7) is 1.14. The van der Waals surface area contributed by atoms with Gasteiger partial charge >= 0.3 is 6.03 Å². The van der Waals surface area contributed by atoms with E-state index < -0.39 is 42.3 Å². The van der Waals surface area contributed by atoms with Crippen molar-refractivity contribution in [2.24, 2.45) is 5.41 Å². The van der Waals surface area contributed by atoms with Gasteiger partial charge in [-0.15, -0.1) is 0 Å². The molecule has 1 saturated heterocycles. The van der Waals surface area contributed by atoms with Crippen molar-refractivity contribution < 1.29 is 18.4 Å². The number of nitriles is 1. The third-order valence-electron chi connectivity index (χ3n) is 7.27. The number of carbonyl (C=O) groups is 2. The summed E-state index contributed by atoms with van der Waals surface area (Å²) in [5.74, 6) is -3.92. The van der Waals surface area contributed by atoms with E-state index in [9.17, 15) is 23.6 Å². The number of urea groups is 1. The molecule has 1 spiro atoms. The zero-order valence-corrected chi connectivity index (χ0v) is 18.2. The van der Waals surface area contributed by atoms with E-state index in [4.69, 9.17) is 0 Å². The van der Waals surface area contributed by atoms with Crippen LogP contribution in [0.2, 0.25) is 0 Å². The van der Waals surface area contributed by atoms with Gasteiger partial charge in [-0.1, -0.05) is 36.8 Å². The highest BCUT2D eigenvalue weighted by molar-refractivity contribution is 5.88. The molecule has 2 N–H and O–H groups in total. The highest BCUT2D eigenvalue weighted by Crippen LogP contribution is 2.48. The normalized spacial score (nSPS) is 21.7. The first-order valence-electron chi connectivity index (χ1n) is 11.4. The maximum absolute atomic E-state index is 14.9. The molecule has 1 aromatic rings. The van der Waals surface area contributed by atoms with Crippen LogP contribution in [-0.4, -0.2) is 47.4 Å². The van der Waals surface area contributed by atoms with Gasteiger partial charge < -0.3 is 15.5 Å². The zero-order chi connectivity index (χ0) is 22.8. The first kappa shape index (κ1) is 22.5. The molecule has 8 heteroatoms. The van der Waals surface area contributed by atoms with E-state index in [-0.39, 0.29) is 0 Å². The predicted molar refractivity (Wildman–Crippen MR) is 115 cm³/mol. The number of nitrogens with zero attached hydrogens (tertiary/aromatic N) is 2. The van der Waals surface area contributed by atoms with Crippen LogP contribution in [0.4, 0.5) is 13.6 Å². The Morgan fingerprint density at radius 2 is 1.75 bits per heavy atom. The Hall–Kier alpha value is -2.69. The summed E-state index contributed by atoms with van der Waals surface area (Å²) in [4.78, 5) is 27.3. The number of hydrogen-bond acceptors (Lipinski definition) is 3. The monoisotopic (exact) mass is 444 g/mol. The lowest BCUT2D eigenvalue weighted by atomic mass is 9.63. The fraction of sp³-hybridized carbons (Fsp3) is 0.625. The van der Waals surface area contributed by atoms with Crippen molar-refractivity contribution in [3.05, 3.63) is 35.9 Å². The SMILES string of the molecule is N#CC1(NC(=O)[C@H](CC(F)(F)Cc2ccccc2)NC(=O)N2CCC3(CCC3)CC2)CC1. The van der Waals surface area contributed by atoms with Crippen LogP contribution in [0.25, 0.3) is 0 Å². The minimum absolute atomic E-state index is 0.349. The predicted octanol–water partition coefficient (Wildman–Crippen LogP) is 3.77. The van der Waals surface area contributed by atoms with Crippen molar-refractivity contribution in [3.63, 3.8) is 0 Å². The summed E-state index contributed by atoms with van der Waals surface area (Å²) in [5, 5.41) is 14.4. The molecule has 3 aliphatic rings. The van der Waals surface area contributed by atoms with Crippen LogP contribution in [0.15, 0.2) is 30.3 Å². The molecule has 1 atom stereocenters. The molecule has 1 aliphatic heterocycles. The molecule has 1 heterocycles. The molecule has 3 amide bonds. The van der Waals surface area contributed by atoms with E-state index >= 15 is 0 Å². The minimum atomic E-state index is -3.20. The van der Waals surface area contributed by atoms with E-state index in [1.54, 1.807) is 35.2 Å². The lowest BCUT2D eigenvalue weighted by Gasteiger charge is -2.48. The summed E-state index contributed by atoms with van der Waals surface area (Å²) in [6.07, 6.45) is 5.07. The summed E-state index contributed by atoms with van der Waals surface area (Å²) in [5.41, 5.74) is -0.182. The molecule has 6 nitrogen and oxygen atoms in total. The standard InChI is InChI=1S/C24H30F2N4O2/c25-24(26,15-18-5-2-1-3-6-18)16-19(20(31)29-23(17-27)9-10-23)28-21(32)30-13-11-22(12-14-30)7-4-8-22/h1-3,5-6,19H,4,7-16H2,(H,28,32)(H,29,31)/t19-/m0/s1. The largest absolute Gasteiger partial charge is 0.336 e. The Balaban J connectivity index is 1.41. The quantitative estimate of drug-likeness (QED) is 0.671. The number of alkyl halides is 2. The molecule has 1 aromatic carbocycles. The Morgan fingerprint density at radius 1 is 1.09 bits per heavy atom. The molecular weight excluding hydrogens is 414 g/mol. The van der Waals surface area contributed by atoms with Crippen molar-refractivity contribution in [1.82, 2.24) is 15.5 Å². The van der Waals surface area contributed by atoms with Gasteiger partial charge in [-0.05, 0) is 49.5 Å². The van der Waals surface area contributed by atoms with Gasteiger partial charge in [0, 0.05) is 25.9 Å². The molecule has 0 unspecified atom stereocenters. The van der Waals surface area contributed by atoms with Gasteiger partial charge in [-0.25, -0.2) is 13.6 Å². The van der Waals surface area contributed by atoms with E-state index in [2.05, 4.69) is 10.6 Å². The van der Waals surface area contributed by atoms with Crippen molar-refractivity contribution in [2.75, 3.05) is 13.1 Å². The van der Waals surface area contributed by atoms with Gasteiger partial charge in [0.2, 0.25) is 5.91 Å². The summed E-state index contributed by atoms with van der Waals surface area (Å²) < 4.78 is 29.8. The highest BCUT2D eigenvalue weighted by atomic mass is 19.3. The first-order chi connectivity index (χ1) is 15.2. The molecule has 3 fully saturated rings. The Labute approximate surface area is 187 Å². The zero-order valence-electron chi connectivity index (χ0n) is 18.2. The van der Waals surface area contributed by atoms with Crippen LogP contribution in [0.1, 0.15) is 56.9 Å². The van der Waals surface area contributed by atoms with Crippen molar-refractivity contribution in [1.29, 1.82) is 5.26 Å². The average molecular weight is 445 g/mol. The van der Waals surface area contributed by atoms with E-state index in [0.29, 0.717) is 36.9 Å². The number of benzene rings is 1. The lowest BCUT2D eigenvalue weighted by molar-refractivity contribution is -0.126. The van der Waals surface area contributed by atoms with Gasteiger partial charge in [-0.2, -0.15) is 5.26 Å². The first-order valence-corrected chi connectivity index (χ1v) is 11.4. The molecule has 0 aromatic heterocycles. The Bertz CT molecular complexity index is 881. The van der Waals surface area contributed by atoms with Crippen molar-refractivity contribution in [3.8, 4) is 6.07 Å². The lowest BCUT2D eigenvalue weighted by Crippen LogP contribution is -2.56. The van der Waals surface area contributed by atoms with Crippen molar-refractivity contribution >= 4 is 11.9 Å². The Kier molecular flexibility index (Phi) is 6.11. The molecule has 0 bridgehead atoms. The fourth-order valence-electron chi connectivity index (χ4n) is 4.79. The number of nitrogens with one attached hydrogen (secondary N) is 2. The minimum Gasteiger partial charge on any atom is -0.336 e. The number of rotatable bonds is 7. The molecule has 2 aliphatic carbocycles. The fourth-order valence-corrected chi connectivity index (χ4v) is 4.79. The van der Waals surface area contributed by atoms with Crippen LogP contribution in [0.5, 0.6) is 0 Å². The number of amides is 3. The summed E-state index contributed by atoms with van der Waals surface area (Å²) >= 11 is 0. The van der Waals surface area contributed by atoms with E-state index in [1.165, 1.54) is 19.3 Å². The maximum Gasteiger partial charge on any atom is 0.318 e. The highest BCUT2D eigenvalue weighted by Gasteiger charge is 2.47. The molecule has 172 valence electrons. The van der Waals surface area contributed by atoms with E-state index in [0.717, 1.165) is 12.8 Å². The van der Waals surface area contributed by atoms with Gasteiger partial charge in [0.25, 0.3) is 5.92 Å². The smallest absolute Gasteiger partial charge is 0.318 e.